The number of anilines is 1. The van der Waals surface area contributed by atoms with E-state index in [1.165, 1.54) is 12.3 Å². The number of halogens is 1. The summed E-state index contributed by atoms with van der Waals surface area (Å²) < 4.78 is 15.1. The van der Waals surface area contributed by atoms with Crippen molar-refractivity contribution in [1.29, 1.82) is 0 Å². The maximum Gasteiger partial charge on any atom is 0.226 e. The molecule has 0 unspecified atom stereocenters. The number of aromatic amines is 2. The molecule has 6 aromatic rings. The molecule has 3 N–H and O–H groups in total. The molecule has 0 radical (unpaired) electrons. The summed E-state index contributed by atoms with van der Waals surface area (Å²) in [7, 11) is 0. The van der Waals surface area contributed by atoms with Crippen molar-refractivity contribution in [2.24, 2.45) is 5.92 Å². The third-order valence-corrected chi connectivity index (χ3v) is 6.05. The van der Waals surface area contributed by atoms with Crippen molar-refractivity contribution in [3.05, 3.63) is 73.1 Å². The van der Waals surface area contributed by atoms with Gasteiger partial charge in [-0.3, -0.25) is 19.9 Å². The Labute approximate surface area is 210 Å². The predicted molar refractivity (Wildman–Crippen MR) is 139 cm³/mol. The van der Waals surface area contributed by atoms with Gasteiger partial charge in [0.25, 0.3) is 0 Å². The summed E-state index contributed by atoms with van der Waals surface area (Å²) in [6.45, 7) is 3.60. The Kier molecular flexibility index (Phi) is 5.41. The average Bonchev–Trinajstić information content (AvgIpc) is 3.52. The second-order valence-corrected chi connectivity index (χ2v) is 8.91. The highest BCUT2D eigenvalue weighted by Gasteiger charge is 2.19. The van der Waals surface area contributed by atoms with E-state index in [2.05, 4.69) is 40.4 Å². The van der Waals surface area contributed by atoms with Crippen molar-refractivity contribution in [1.82, 2.24) is 35.1 Å². The van der Waals surface area contributed by atoms with Crippen LogP contribution in [0, 0.1) is 11.7 Å². The van der Waals surface area contributed by atoms with Gasteiger partial charge < -0.3 is 10.3 Å². The fraction of sp³-hybridized carbons (Fsp3) is 0.111. The zero-order valence-electron chi connectivity index (χ0n) is 20.0. The lowest BCUT2D eigenvalue weighted by Gasteiger charge is -2.09. The van der Waals surface area contributed by atoms with Gasteiger partial charge in [0.1, 0.15) is 11.5 Å². The Morgan fingerprint density at radius 2 is 1.92 bits per heavy atom. The molecule has 5 heterocycles. The molecule has 37 heavy (non-hydrogen) atoms. The zero-order chi connectivity index (χ0) is 25.5. The highest BCUT2D eigenvalue weighted by molar-refractivity contribution is 5.98. The first-order valence-corrected chi connectivity index (χ1v) is 11.7. The van der Waals surface area contributed by atoms with Gasteiger partial charge in [0.05, 0.1) is 28.6 Å². The molecule has 0 bridgehead atoms. The van der Waals surface area contributed by atoms with Crippen molar-refractivity contribution in [2.45, 2.75) is 13.8 Å². The molecule has 0 aliphatic rings. The molecule has 0 aliphatic heterocycles. The Morgan fingerprint density at radius 3 is 2.73 bits per heavy atom. The number of carbonyl (C=O) groups excluding carboxylic acids is 1. The topological polar surface area (TPSA) is 125 Å². The lowest BCUT2D eigenvalue weighted by Crippen LogP contribution is -2.17. The van der Waals surface area contributed by atoms with E-state index >= 15 is 4.39 Å². The summed E-state index contributed by atoms with van der Waals surface area (Å²) in [5.74, 6) is -0.288. The molecule has 1 amide bonds. The van der Waals surface area contributed by atoms with Gasteiger partial charge in [0.15, 0.2) is 11.5 Å². The smallest absolute Gasteiger partial charge is 0.226 e. The normalized spacial score (nSPS) is 11.5. The van der Waals surface area contributed by atoms with Crippen LogP contribution in [0.15, 0.2) is 67.3 Å². The summed E-state index contributed by atoms with van der Waals surface area (Å²) in [5, 5.41) is 10.8. The van der Waals surface area contributed by atoms with Gasteiger partial charge in [-0.2, -0.15) is 5.10 Å². The Bertz CT molecular complexity index is 1770. The second kappa shape index (κ2) is 8.90. The van der Waals surface area contributed by atoms with Crippen LogP contribution in [0.25, 0.3) is 56.0 Å². The number of aromatic nitrogens is 7. The maximum absolute atomic E-state index is 15.1. The van der Waals surface area contributed by atoms with Gasteiger partial charge in [-0.1, -0.05) is 19.9 Å². The van der Waals surface area contributed by atoms with E-state index in [4.69, 9.17) is 0 Å². The summed E-state index contributed by atoms with van der Waals surface area (Å²) in [6.07, 6.45) is 6.50. The highest BCUT2D eigenvalue weighted by atomic mass is 19.1. The number of amides is 1. The molecule has 6 rings (SSSR count). The van der Waals surface area contributed by atoms with Crippen LogP contribution in [0.1, 0.15) is 13.8 Å². The summed E-state index contributed by atoms with van der Waals surface area (Å²) in [5.41, 5.74) is 5.30. The minimum absolute atomic E-state index is 0.143. The number of H-pyrrole nitrogens is 2. The number of pyridine rings is 3. The van der Waals surface area contributed by atoms with Crippen LogP contribution in [0.2, 0.25) is 0 Å². The molecule has 5 aromatic heterocycles. The average molecular weight is 493 g/mol. The molecule has 0 fully saturated rings. The van der Waals surface area contributed by atoms with Gasteiger partial charge in [-0.15, -0.1) is 0 Å². The van der Waals surface area contributed by atoms with Crippen molar-refractivity contribution >= 4 is 33.7 Å². The van der Waals surface area contributed by atoms with Gasteiger partial charge in [0, 0.05) is 52.7 Å². The summed E-state index contributed by atoms with van der Waals surface area (Å²) in [4.78, 5) is 33.1. The highest BCUT2D eigenvalue weighted by Crippen LogP contribution is 2.34. The monoisotopic (exact) mass is 492 g/mol. The molecule has 182 valence electrons. The minimum Gasteiger partial charge on any atom is -0.335 e. The molecule has 9 nitrogen and oxygen atoms in total. The van der Waals surface area contributed by atoms with E-state index in [0.29, 0.717) is 44.9 Å². The third-order valence-electron chi connectivity index (χ3n) is 6.05. The number of rotatable bonds is 5. The van der Waals surface area contributed by atoms with Crippen molar-refractivity contribution < 1.29 is 9.18 Å². The minimum atomic E-state index is -0.444. The first-order valence-electron chi connectivity index (χ1n) is 11.7. The Hall–Kier alpha value is -4.99. The van der Waals surface area contributed by atoms with E-state index in [-0.39, 0.29) is 11.8 Å². The van der Waals surface area contributed by atoms with E-state index in [9.17, 15) is 4.79 Å². The van der Waals surface area contributed by atoms with Crippen LogP contribution < -0.4 is 5.32 Å². The first-order chi connectivity index (χ1) is 18.0. The number of hydrogen-bond donors (Lipinski definition) is 3. The number of carbonyl (C=O) groups is 1. The number of imidazole rings is 1. The molecular weight excluding hydrogens is 471 g/mol. The van der Waals surface area contributed by atoms with Gasteiger partial charge >= 0.3 is 0 Å². The fourth-order valence-corrected chi connectivity index (χ4v) is 4.14. The van der Waals surface area contributed by atoms with Crippen molar-refractivity contribution in [2.75, 3.05) is 5.32 Å². The van der Waals surface area contributed by atoms with Gasteiger partial charge in [-0.05, 0) is 30.3 Å². The van der Waals surface area contributed by atoms with Crippen LogP contribution in [0.5, 0.6) is 0 Å². The van der Waals surface area contributed by atoms with E-state index in [1.54, 1.807) is 44.6 Å². The van der Waals surface area contributed by atoms with Crippen LogP contribution >= 0.6 is 0 Å². The number of fused-ring (bicyclic) bond motifs is 2. The number of benzene rings is 1. The Morgan fingerprint density at radius 1 is 1.03 bits per heavy atom. The second-order valence-electron chi connectivity index (χ2n) is 8.91. The predicted octanol–water partition coefficient (Wildman–Crippen LogP) is 5.36. The van der Waals surface area contributed by atoms with Crippen molar-refractivity contribution in [3.8, 4) is 33.9 Å². The fourth-order valence-electron chi connectivity index (χ4n) is 4.14. The number of hydrogen-bond acceptors (Lipinski definition) is 6. The number of nitrogens with one attached hydrogen (secondary N) is 3. The summed E-state index contributed by atoms with van der Waals surface area (Å²) >= 11 is 0. The van der Waals surface area contributed by atoms with E-state index < -0.39 is 5.82 Å². The molecule has 0 aliphatic carbocycles. The summed E-state index contributed by atoms with van der Waals surface area (Å²) in [6, 6.07) is 12.4. The lowest BCUT2D eigenvalue weighted by atomic mass is 10.0. The lowest BCUT2D eigenvalue weighted by molar-refractivity contribution is -0.118. The molecule has 0 saturated carbocycles. The third kappa shape index (κ3) is 4.08. The van der Waals surface area contributed by atoms with Crippen LogP contribution in [-0.2, 0) is 4.79 Å². The van der Waals surface area contributed by atoms with Crippen LogP contribution in [-0.4, -0.2) is 41.0 Å². The SMILES string of the molecule is CC(C)C(=O)Nc1cncc(-c2cc3c(-c4nc5nccc(-c6ccccn6)c5[nH]4)n[nH]c3cc2F)c1. The molecule has 0 spiro atoms. The van der Waals surface area contributed by atoms with Gasteiger partial charge in [0.2, 0.25) is 5.91 Å². The molecule has 0 atom stereocenters. The molecule has 10 heteroatoms. The first kappa shape index (κ1) is 22.5. The van der Waals surface area contributed by atoms with Crippen LogP contribution in [0.4, 0.5) is 10.1 Å². The van der Waals surface area contributed by atoms with Crippen LogP contribution in [0.3, 0.4) is 0 Å². The van der Waals surface area contributed by atoms with E-state index in [0.717, 1.165) is 16.8 Å². The largest absolute Gasteiger partial charge is 0.335 e. The number of nitrogens with zero attached hydrogens (tertiary/aromatic N) is 5. The Balaban J connectivity index is 1.44. The molecular formula is C27H21FN8O. The molecule has 0 saturated heterocycles. The van der Waals surface area contributed by atoms with Crippen molar-refractivity contribution in [3.63, 3.8) is 0 Å². The quantitative estimate of drug-likeness (QED) is 0.298. The van der Waals surface area contributed by atoms with Gasteiger partial charge in [-0.25, -0.2) is 14.4 Å². The molecule has 1 aromatic carbocycles. The zero-order valence-corrected chi connectivity index (χ0v) is 20.0. The van der Waals surface area contributed by atoms with E-state index in [1.807, 2.05) is 24.3 Å². The maximum atomic E-state index is 15.1. The standard InChI is InChI=1S/C27H21FN8O/c1-14(2)27(37)32-16-9-15(12-29-13-16)18-10-19-22(11-20(18)28)35-36-24(19)26-33-23-17(6-8-31-25(23)34-26)21-5-3-4-7-30-21/h3-14H,1-2H3,(H,32,37)(H,35,36)(H,31,33,34).